The van der Waals surface area contributed by atoms with E-state index in [4.69, 9.17) is 9.29 Å². The van der Waals surface area contributed by atoms with Crippen molar-refractivity contribution in [3.05, 3.63) is 29.8 Å². The zero-order valence-electron chi connectivity index (χ0n) is 9.57. The van der Waals surface area contributed by atoms with E-state index in [1.807, 2.05) is 12.1 Å². The molecule has 0 aliphatic carbocycles. The fourth-order valence-electron chi connectivity index (χ4n) is 1.84. The molecule has 1 N–H and O–H groups in total. The van der Waals surface area contributed by atoms with E-state index in [0.717, 1.165) is 5.56 Å². The van der Waals surface area contributed by atoms with Crippen molar-refractivity contribution in [2.75, 3.05) is 17.5 Å². The van der Waals surface area contributed by atoms with Crippen LogP contribution in [0.15, 0.2) is 24.3 Å². The summed E-state index contributed by atoms with van der Waals surface area (Å²) in [5.74, 6) is -1.09. The van der Waals surface area contributed by atoms with Gasteiger partial charge in [-0.25, -0.2) is 4.31 Å². The molecular formula is C11H13NO5S. The first-order valence-electron chi connectivity index (χ1n) is 5.47. The van der Waals surface area contributed by atoms with Crippen LogP contribution in [0.2, 0.25) is 0 Å². The highest BCUT2D eigenvalue weighted by molar-refractivity contribution is 7.88. The van der Waals surface area contributed by atoms with Gasteiger partial charge in [-0.1, -0.05) is 18.2 Å². The molecule has 6 nitrogen and oxygen atoms in total. The van der Waals surface area contributed by atoms with E-state index in [9.17, 15) is 13.2 Å². The third kappa shape index (κ3) is 2.62. The van der Waals surface area contributed by atoms with E-state index in [2.05, 4.69) is 0 Å². The SMILES string of the molecule is O=C(O)CCOS(=O)(=O)N1CCc2ccccc21. The van der Waals surface area contributed by atoms with Crippen molar-refractivity contribution < 1.29 is 22.5 Å². The predicted octanol–water partition coefficient (Wildman–Crippen LogP) is 0.785. The Hall–Kier alpha value is -1.60. The van der Waals surface area contributed by atoms with Crippen molar-refractivity contribution in [3.8, 4) is 0 Å². The molecular weight excluding hydrogens is 258 g/mol. The lowest BCUT2D eigenvalue weighted by Crippen LogP contribution is -2.31. The third-order valence-electron chi connectivity index (χ3n) is 2.66. The van der Waals surface area contributed by atoms with Crippen molar-refractivity contribution in [1.82, 2.24) is 0 Å². The number of benzene rings is 1. The summed E-state index contributed by atoms with van der Waals surface area (Å²) in [6.45, 7) is -0.0227. The minimum Gasteiger partial charge on any atom is -0.481 e. The number of para-hydroxylation sites is 1. The fraction of sp³-hybridized carbons (Fsp3) is 0.364. The van der Waals surface area contributed by atoms with E-state index >= 15 is 0 Å². The summed E-state index contributed by atoms with van der Waals surface area (Å²) in [6, 6.07) is 7.17. The molecule has 0 aromatic heterocycles. The van der Waals surface area contributed by atoms with E-state index in [1.54, 1.807) is 12.1 Å². The van der Waals surface area contributed by atoms with E-state index in [-0.39, 0.29) is 13.0 Å². The van der Waals surface area contributed by atoms with Crippen molar-refractivity contribution in [1.29, 1.82) is 0 Å². The Labute approximate surface area is 105 Å². The second-order valence-electron chi connectivity index (χ2n) is 3.87. The first kappa shape index (κ1) is 12.8. The maximum absolute atomic E-state index is 11.9. The van der Waals surface area contributed by atoms with Gasteiger partial charge in [-0.15, -0.1) is 0 Å². The molecule has 0 saturated carbocycles. The average Bonchev–Trinajstić information content (AvgIpc) is 2.72. The molecule has 0 radical (unpaired) electrons. The molecule has 1 aromatic rings. The van der Waals surface area contributed by atoms with Gasteiger partial charge in [0.15, 0.2) is 0 Å². The van der Waals surface area contributed by atoms with Crippen LogP contribution in [0.3, 0.4) is 0 Å². The molecule has 1 aliphatic heterocycles. The molecule has 0 atom stereocenters. The fourth-order valence-corrected chi connectivity index (χ4v) is 2.99. The summed E-state index contributed by atoms with van der Waals surface area (Å²) in [4.78, 5) is 10.3. The molecule has 18 heavy (non-hydrogen) atoms. The Balaban J connectivity index is 2.10. The summed E-state index contributed by atoms with van der Waals surface area (Å²) in [6.07, 6.45) is 0.298. The normalized spacial score (nSPS) is 14.6. The van der Waals surface area contributed by atoms with Crippen molar-refractivity contribution >= 4 is 22.0 Å². The van der Waals surface area contributed by atoms with Gasteiger partial charge < -0.3 is 5.11 Å². The molecule has 2 rings (SSSR count). The molecule has 0 fully saturated rings. The number of aliphatic carboxylic acids is 1. The Morgan fingerprint density at radius 3 is 2.83 bits per heavy atom. The van der Waals surface area contributed by atoms with Gasteiger partial charge >= 0.3 is 16.3 Å². The number of nitrogens with zero attached hydrogens (tertiary/aromatic N) is 1. The van der Waals surface area contributed by atoms with Crippen LogP contribution in [-0.4, -0.2) is 32.6 Å². The molecule has 0 bridgehead atoms. The van der Waals surface area contributed by atoms with Crippen LogP contribution in [0.4, 0.5) is 5.69 Å². The van der Waals surface area contributed by atoms with Crippen LogP contribution in [-0.2, 0) is 25.7 Å². The highest BCUT2D eigenvalue weighted by Crippen LogP contribution is 2.30. The van der Waals surface area contributed by atoms with Gasteiger partial charge in [-0.2, -0.15) is 8.42 Å². The lowest BCUT2D eigenvalue weighted by Gasteiger charge is -2.18. The molecule has 1 heterocycles. The zero-order chi connectivity index (χ0) is 13.2. The van der Waals surface area contributed by atoms with Crippen LogP contribution >= 0.6 is 0 Å². The second-order valence-corrected chi connectivity index (χ2v) is 5.41. The van der Waals surface area contributed by atoms with Crippen LogP contribution in [0, 0.1) is 0 Å². The number of fused-ring (bicyclic) bond motifs is 1. The molecule has 98 valence electrons. The quantitative estimate of drug-likeness (QED) is 0.855. The predicted molar refractivity (Wildman–Crippen MR) is 64.6 cm³/mol. The number of hydrogen-bond acceptors (Lipinski definition) is 4. The van der Waals surface area contributed by atoms with Gasteiger partial charge in [0.1, 0.15) is 0 Å². The Morgan fingerprint density at radius 2 is 2.11 bits per heavy atom. The van der Waals surface area contributed by atoms with Crippen LogP contribution in [0.5, 0.6) is 0 Å². The molecule has 0 spiro atoms. The minimum atomic E-state index is -3.90. The highest BCUT2D eigenvalue weighted by Gasteiger charge is 2.29. The van der Waals surface area contributed by atoms with Crippen LogP contribution < -0.4 is 4.31 Å². The Kier molecular flexibility index (Phi) is 3.53. The summed E-state index contributed by atoms with van der Waals surface area (Å²) in [5, 5.41) is 8.45. The minimum absolute atomic E-state index is 0.328. The monoisotopic (exact) mass is 271 g/mol. The molecule has 0 unspecified atom stereocenters. The van der Waals surface area contributed by atoms with Gasteiger partial charge in [0, 0.05) is 6.54 Å². The van der Waals surface area contributed by atoms with E-state index < -0.39 is 16.3 Å². The first-order valence-corrected chi connectivity index (χ1v) is 6.84. The molecule has 1 aliphatic rings. The van der Waals surface area contributed by atoms with E-state index in [1.165, 1.54) is 4.31 Å². The number of rotatable bonds is 5. The molecule has 1 aromatic carbocycles. The number of anilines is 1. The largest absolute Gasteiger partial charge is 0.481 e. The van der Waals surface area contributed by atoms with Crippen molar-refractivity contribution in [2.45, 2.75) is 12.8 Å². The van der Waals surface area contributed by atoms with Crippen LogP contribution in [0.1, 0.15) is 12.0 Å². The lowest BCUT2D eigenvalue weighted by molar-refractivity contribution is -0.137. The van der Waals surface area contributed by atoms with Crippen molar-refractivity contribution in [3.63, 3.8) is 0 Å². The van der Waals surface area contributed by atoms with Crippen molar-refractivity contribution in [2.24, 2.45) is 0 Å². The van der Waals surface area contributed by atoms with Gasteiger partial charge in [0.2, 0.25) is 0 Å². The first-order chi connectivity index (χ1) is 8.50. The maximum atomic E-state index is 11.9. The van der Waals surface area contributed by atoms with E-state index in [0.29, 0.717) is 18.7 Å². The summed E-state index contributed by atoms with van der Waals surface area (Å²) in [7, 11) is -3.90. The van der Waals surface area contributed by atoms with Gasteiger partial charge in [-0.05, 0) is 18.1 Å². The Morgan fingerprint density at radius 1 is 1.39 bits per heavy atom. The average molecular weight is 271 g/mol. The standard InChI is InChI=1S/C11H13NO5S/c13-11(14)6-8-17-18(15,16)12-7-5-9-3-1-2-4-10(9)12/h1-4H,5-8H2,(H,13,14). The van der Waals surface area contributed by atoms with Gasteiger partial charge in [-0.3, -0.25) is 8.98 Å². The summed E-state index contributed by atoms with van der Waals surface area (Å²) < 4.78 is 29.6. The smallest absolute Gasteiger partial charge is 0.362 e. The number of carbonyl (C=O) groups is 1. The summed E-state index contributed by atoms with van der Waals surface area (Å²) in [5.41, 5.74) is 1.55. The number of carboxylic acid groups (broad SMARTS) is 1. The lowest BCUT2D eigenvalue weighted by atomic mass is 10.2. The number of carboxylic acids is 1. The van der Waals surface area contributed by atoms with Gasteiger partial charge in [0.25, 0.3) is 0 Å². The van der Waals surface area contributed by atoms with Crippen LogP contribution in [0.25, 0.3) is 0 Å². The number of hydrogen-bond donors (Lipinski definition) is 1. The summed E-state index contributed by atoms with van der Waals surface area (Å²) >= 11 is 0. The molecule has 7 heteroatoms. The molecule has 0 saturated heterocycles. The molecule has 0 amide bonds. The highest BCUT2D eigenvalue weighted by atomic mass is 32.2. The third-order valence-corrected chi connectivity index (χ3v) is 4.05. The Bertz CT molecular complexity index is 554. The zero-order valence-corrected chi connectivity index (χ0v) is 10.4. The van der Waals surface area contributed by atoms with Gasteiger partial charge in [0.05, 0.1) is 18.7 Å². The second kappa shape index (κ2) is 4.95. The maximum Gasteiger partial charge on any atom is 0.362 e. The topological polar surface area (TPSA) is 83.9 Å².